The molecule has 0 saturated heterocycles. The van der Waals surface area contributed by atoms with Crippen LogP contribution in [0.2, 0.25) is 0 Å². The van der Waals surface area contributed by atoms with Crippen molar-refractivity contribution >= 4 is 44.4 Å². The fraction of sp³-hybridized carbons (Fsp3) is 0.167. The Balaban J connectivity index is 1.83. The Kier molecular flexibility index (Phi) is 6.48. The number of aliphatic carboxylic acids is 1. The van der Waals surface area contributed by atoms with Crippen molar-refractivity contribution in [2.24, 2.45) is 0 Å². The first kappa shape index (κ1) is 19.8. The van der Waals surface area contributed by atoms with Gasteiger partial charge in [0, 0.05) is 21.2 Å². The van der Waals surface area contributed by atoms with Crippen LogP contribution in [0.25, 0.3) is 0 Å². The summed E-state index contributed by atoms with van der Waals surface area (Å²) < 4.78 is 19.9. The molecule has 1 aromatic heterocycles. The number of nitrogens with zero attached hydrogens (tertiary/aromatic N) is 2. The summed E-state index contributed by atoms with van der Waals surface area (Å²) >= 11 is 3.40. The van der Waals surface area contributed by atoms with Gasteiger partial charge in [0.25, 0.3) is 0 Å². The molecule has 3 aromatic rings. The molecule has 27 heavy (non-hydrogen) atoms. The van der Waals surface area contributed by atoms with Crippen molar-refractivity contribution in [1.82, 2.24) is 10.2 Å². The molecule has 0 aliphatic heterocycles. The summed E-state index contributed by atoms with van der Waals surface area (Å²) in [7, 11) is 0. The second-order valence-corrected chi connectivity index (χ2v) is 9.37. The van der Waals surface area contributed by atoms with Crippen molar-refractivity contribution < 1.29 is 19.2 Å². The fourth-order valence-corrected chi connectivity index (χ4v) is 4.85. The zero-order chi connectivity index (χ0) is 19.4. The van der Waals surface area contributed by atoms with Crippen LogP contribution in [0.5, 0.6) is 11.5 Å². The van der Waals surface area contributed by atoms with E-state index < -0.39 is 17.1 Å². The SMILES string of the molecule is Cc1nnc([S+]([O-])Cc2cc(Br)ccc2Oc2cccc(CC(=O)O)c2)s1. The molecule has 140 valence electrons. The number of rotatable bonds is 7. The standard InChI is InChI=1S/C18H15BrN2O4S2/c1-11-20-21-18(26-11)27(24)10-13-9-14(19)5-6-16(13)25-15-4-2-3-12(7-15)8-17(22)23/h2-7,9H,8,10H2,1H3,(H,22,23). The fourth-order valence-electron chi connectivity index (χ4n) is 2.35. The van der Waals surface area contributed by atoms with Crippen molar-refractivity contribution in [2.45, 2.75) is 23.4 Å². The number of benzene rings is 2. The number of carboxylic acids is 1. The van der Waals surface area contributed by atoms with E-state index in [0.717, 1.165) is 15.0 Å². The number of carbonyl (C=O) groups is 1. The first-order valence-corrected chi connectivity index (χ1v) is 10.8. The molecule has 0 amide bonds. The van der Waals surface area contributed by atoms with Gasteiger partial charge in [-0.25, -0.2) is 0 Å². The first-order chi connectivity index (χ1) is 12.9. The van der Waals surface area contributed by atoms with E-state index in [0.29, 0.717) is 21.4 Å². The van der Waals surface area contributed by atoms with Gasteiger partial charge in [-0.05, 0) is 54.2 Å². The number of hydrogen-bond donors (Lipinski definition) is 1. The topological polar surface area (TPSA) is 95.4 Å². The monoisotopic (exact) mass is 466 g/mol. The van der Waals surface area contributed by atoms with Gasteiger partial charge in [0.1, 0.15) is 22.3 Å². The van der Waals surface area contributed by atoms with Gasteiger partial charge in [0.2, 0.25) is 0 Å². The van der Waals surface area contributed by atoms with E-state index >= 15 is 0 Å². The molecule has 2 aromatic carbocycles. The molecule has 1 heterocycles. The Hall–Kier alpha value is -1.94. The lowest BCUT2D eigenvalue weighted by Gasteiger charge is -2.13. The van der Waals surface area contributed by atoms with Crippen LogP contribution in [-0.4, -0.2) is 25.8 Å². The molecule has 0 spiro atoms. The molecule has 0 radical (unpaired) electrons. The molecule has 9 heteroatoms. The van der Waals surface area contributed by atoms with Gasteiger partial charge < -0.3 is 14.4 Å². The molecule has 3 rings (SSSR count). The van der Waals surface area contributed by atoms with Crippen LogP contribution < -0.4 is 4.74 Å². The summed E-state index contributed by atoms with van der Waals surface area (Å²) in [4.78, 5) is 10.9. The Morgan fingerprint density at radius 3 is 2.81 bits per heavy atom. The van der Waals surface area contributed by atoms with E-state index in [1.165, 1.54) is 11.3 Å². The van der Waals surface area contributed by atoms with Gasteiger partial charge in [-0.1, -0.05) is 33.2 Å². The predicted molar refractivity (Wildman–Crippen MR) is 107 cm³/mol. The van der Waals surface area contributed by atoms with E-state index in [2.05, 4.69) is 26.1 Å². The predicted octanol–water partition coefficient (Wildman–Crippen LogP) is 4.34. The molecule has 0 aliphatic carbocycles. The second kappa shape index (κ2) is 8.83. The smallest absolute Gasteiger partial charge is 0.322 e. The number of aryl methyl sites for hydroxylation is 1. The lowest BCUT2D eigenvalue weighted by Crippen LogP contribution is -2.06. The Morgan fingerprint density at radius 2 is 2.11 bits per heavy atom. The maximum atomic E-state index is 12.6. The van der Waals surface area contributed by atoms with Crippen LogP contribution in [0.1, 0.15) is 16.1 Å². The van der Waals surface area contributed by atoms with E-state index in [1.54, 1.807) is 30.3 Å². The molecule has 0 fully saturated rings. The summed E-state index contributed by atoms with van der Waals surface area (Å²) in [5.74, 6) is 0.410. The van der Waals surface area contributed by atoms with E-state index in [4.69, 9.17) is 9.84 Å². The van der Waals surface area contributed by atoms with Crippen LogP contribution in [0.3, 0.4) is 0 Å². The minimum absolute atomic E-state index is 0.0786. The minimum atomic E-state index is -1.34. The maximum Gasteiger partial charge on any atom is 0.322 e. The van der Waals surface area contributed by atoms with E-state index in [-0.39, 0.29) is 12.2 Å². The van der Waals surface area contributed by atoms with Crippen molar-refractivity contribution in [3.8, 4) is 11.5 Å². The highest BCUT2D eigenvalue weighted by Crippen LogP contribution is 2.31. The zero-order valence-corrected chi connectivity index (χ0v) is 17.4. The van der Waals surface area contributed by atoms with Gasteiger partial charge in [0.05, 0.1) is 6.42 Å². The van der Waals surface area contributed by atoms with Crippen molar-refractivity contribution in [3.05, 3.63) is 63.1 Å². The van der Waals surface area contributed by atoms with E-state index in [1.807, 2.05) is 19.1 Å². The Morgan fingerprint density at radius 1 is 1.30 bits per heavy atom. The summed E-state index contributed by atoms with van der Waals surface area (Å²) in [5, 5.41) is 17.6. The molecule has 1 N–H and O–H groups in total. The molecule has 0 saturated carbocycles. The summed E-state index contributed by atoms with van der Waals surface area (Å²) in [6.07, 6.45) is -0.0786. The molecule has 0 aliphatic rings. The van der Waals surface area contributed by atoms with E-state index in [9.17, 15) is 9.35 Å². The molecule has 6 nitrogen and oxygen atoms in total. The average molecular weight is 467 g/mol. The number of halogens is 1. The average Bonchev–Trinajstić information content (AvgIpc) is 3.04. The Labute approximate surface area is 171 Å². The van der Waals surface area contributed by atoms with Gasteiger partial charge in [-0.15, -0.1) is 5.10 Å². The maximum absolute atomic E-state index is 12.6. The minimum Gasteiger partial charge on any atom is -0.609 e. The number of aromatic nitrogens is 2. The highest BCUT2D eigenvalue weighted by molar-refractivity contribution is 9.10. The largest absolute Gasteiger partial charge is 0.609 e. The van der Waals surface area contributed by atoms with Crippen molar-refractivity contribution in [2.75, 3.05) is 0 Å². The number of carboxylic acid groups (broad SMARTS) is 1. The first-order valence-electron chi connectivity index (χ1n) is 7.86. The van der Waals surface area contributed by atoms with Gasteiger partial charge in [-0.3, -0.25) is 4.79 Å². The molecular formula is C18H15BrN2O4S2. The third kappa shape index (κ3) is 5.52. The molecule has 0 bridgehead atoms. The third-order valence-corrected chi connectivity index (χ3v) is 6.47. The van der Waals surface area contributed by atoms with Crippen molar-refractivity contribution in [1.29, 1.82) is 0 Å². The zero-order valence-electron chi connectivity index (χ0n) is 14.2. The van der Waals surface area contributed by atoms with Crippen LogP contribution >= 0.6 is 27.3 Å². The normalized spacial score (nSPS) is 12.0. The summed E-state index contributed by atoms with van der Waals surface area (Å²) in [6, 6.07) is 12.4. The number of hydrogen-bond acceptors (Lipinski definition) is 6. The third-order valence-electron chi connectivity index (χ3n) is 3.49. The van der Waals surface area contributed by atoms with Gasteiger partial charge in [0.15, 0.2) is 0 Å². The molecule has 1 atom stereocenters. The lowest BCUT2D eigenvalue weighted by molar-refractivity contribution is -0.136. The molecular weight excluding hydrogens is 452 g/mol. The number of ether oxygens (including phenoxy) is 1. The quantitative estimate of drug-likeness (QED) is 0.520. The van der Waals surface area contributed by atoms with Crippen LogP contribution in [0.15, 0.2) is 51.3 Å². The molecule has 1 unspecified atom stereocenters. The Bertz CT molecular complexity index is 964. The van der Waals surface area contributed by atoms with Gasteiger partial charge in [-0.2, -0.15) is 0 Å². The second-order valence-electron chi connectivity index (χ2n) is 5.65. The van der Waals surface area contributed by atoms with Gasteiger partial charge >= 0.3 is 10.3 Å². The highest BCUT2D eigenvalue weighted by Gasteiger charge is 2.20. The van der Waals surface area contributed by atoms with Crippen LogP contribution in [-0.2, 0) is 28.1 Å². The summed E-state index contributed by atoms with van der Waals surface area (Å²) in [5.41, 5.74) is 1.39. The van der Waals surface area contributed by atoms with Crippen molar-refractivity contribution in [3.63, 3.8) is 0 Å². The lowest BCUT2D eigenvalue weighted by atomic mass is 10.1. The summed E-state index contributed by atoms with van der Waals surface area (Å²) in [6.45, 7) is 1.82. The van der Waals surface area contributed by atoms with Crippen LogP contribution in [0.4, 0.5) is 0 Å². The highest BCUT2D eigenvalue weighted by atomic mass is 79.9. The van der Waals surface area contributed by atoms with Crippen LogP contribution in [0, 0.1) is 6.92 Å².